The van der Waals surface area contributed by atoms with Crippen molar-refractivity contribution in [1.82, 2.24) is 19.5 Å². The SMILES string of the molecule is C=C(CCNc1nc(NC)c2c(n1)N(c1ccc(F)c(F)c1F)CC2)n1cnc(C)c1. The molecule has 2 N–H and O–H groups in total. The van der Waals surface area contributed by atoms with Crippen LogP contribution >= 0.6 is 0 Å². The first kappa shape index (κ1) is 20.7. The van der Waals surface area contributed by atoms with Crippen LogP contribution in [0, 0.1) is 24.4 Å². The van der Waals surface area contributed by atoms with Gasteiger partial charge in [0.15, 0.2) is 17.5 Å². The number of halogens is 3. The van der Waals surface area contributed by atoms with Crippen LogP contribution in [0.3, 0.4) is 0 Å². The van der Waals surface area contributed by atoms with E-state index < -0.39 is 17.5 Å². The zero-order valence-corrected chi connectivity index (χ0v) is 17.2. The van der Waals surface area contributed by atoms with Crippen molar-refractivity contribution in [2.45, 2.75) is 19.8 Å². The molecular weight excluding hydrogens is 407 g/mol. The molecule has 1 aliphatic heterocycles. The van der Waals surface area contributed by atoms with Gasteiger partial charge in [0.05, 0.1) is 17.7 Å². The van der Waals surface area contributed by atoms with Crippen LogP contribution in [-0.4, -0.2) is 39.7 Å². The van der Waals surface area contributed by atoms with Crippen molar-refractivity contribution in [3.8, 4) is 0 Å². The van der Waals surface area contributed by atoms with Crippen molar-refractivity contribution >= 4 is 29.0 Å². The molecule has 3 heterocycles. The molecule has 0 fully saturated rings. The summed E-state index contributed by atoms with van der Waals surface area (Å²) in [6.07, 6.45) is 4.76. The van der Waals surface area contributed by atoms with E-state index in [0.717, 1.165) is 23.0 Å². The van der Waals surface area contributed by atoms with Crippen LogP contribution in [0.2, 0.25) is 0 Å². The number of aromatic nitrogens is 4. The van der Waals surface area contributed by atoms with Crippen molar-refractivity contribution in [2.24, 2.45) is 0 Å². The molecule has 0 atom stereocenters. The molecule has 1 aromatic carbocycles. The maximum absolute atomic E-state index is 14.4. The number of hydrogen-bond acceptors (Lipinski definition) is 6. The van der Waals surface area contributed by atoms with Gasteiger partial charge < -0.3 is 20.1 Å². The predicted molar refractivity (Wildman–Crippen MR) is 114 cm³/mol. The van der Waals surface area contributed by atoms with E-state index in [2.05, 4.69) is 32.2 Å². The molecular formula is C21H22F3N7. The van der Waals surface area contributed by atoms with Gasteiger partial charge in [-0.1, -0.05) is 6.58 Å². The zero-order valence-electron chi connectivity index (χ0n) is 17.2. The number of benzene rings is 1. The van der Waals surface area contributed by atoms with Gasteiger partial charge in [-0.25, -0.2) is 18.2 Å². The molecule has 4 rings (SSSR count). The van der Waals surface area contributed by atoms with E-state index in [4.69, 9.17) is 0 Å². The molecule has 0 unspecified atom stereocenters. The quantitative estimate of drug-likeness (QED) is 0.551. The summed E-state index contributed by atoms with van der Waals surface area (Å²) < 4.78 is 43.4. The van der Waals surface area contributed by atoms with Gasteiger partial charge in [0, 0.05) is 44.0 Å². The smallest absolute Gasteiger partial charge is 0.226 e. The molecule has 0 saturated carbocycles. The van der Waals surface area contributed by atoms with Gasteiger partial charge in [0.2, 0.25) is 5.95 Å². The average Bonchev–Trinajstić information content (AvgIpc) is 3.38. The minimum absolute atomic E-state index is 0.0618. The van der Waals surface area contributed by atoms with Crippen LogP contribution in [0.4, 0.5) is 36.4 Å². The number of imidazole rings is 1. The summed E-state index contributed by atoms with van der Waals surface area (Å²) >= 11 is 0. The normalized spacial score (nSPS) is 12.7. The molecule has 31 heavy (non-hydrogen) atoms. The van der Waals surface area contributed by atoms with E-state index in [-0.39, 0.29) is 5.69 Å². The van der Waals surface area contributed by atoms with Gasteiger partial charge in [-0.2, -0.15) is 9.97 Å². The number of anilines is 4. The molecule has 0 aliphatic carbocycles. The fraction of sp³-hybridized carbons (Fsp3) is 0.286. The van der Waals surface area contributed by atoms with Gasteiger partial charge in [-0.15, -0.1) is 0 Å². The molecule has 0 spiro atoms. The van der Waals surface area contributed by atoms with Crippen LogP contribution in [0.5, 0.6) is 0 Å². The number of aryl methyl sites for hydroxylation is 1. The van der Waals surface area contributed by atoms with Crippen molar-refractivity contribution in [3.05, 3.63) is 59.9 Å². The van der Waals surface area contributed by atoms with E-state index in [9.17, 15) is 13.2 Å². The van der Waals surface area contributed by atoms with Crippen LogP contribution in [0.15, 0.2) is 31.2 Å². The Morgan fingerprint density at radius 3 is 2.71 bits per heavy atom. The number of fused-ring (bicyclic) bond motifs is 1. The minimum atomic E-state index is -1.50. The molecule has 2 aromatic heterocycles. The lowest BCUT2D eigenvalue weighted by Crippen LogP contribution is -2.18. The fourth-order valence-corrected chi connectivity index (χ4v) is 3.54. The third kappa shape index (κ3) is 3.92. The first-order chi connectivity index (χ1) is 14.9. The summed E-state index contributed by atoms with van der Waals surface area (Å²) in [5, 5.41) is 6.18. The third-order valence-electron chi connectivity index (χ3n) is 5.14. The Bertz CT molecular complexity index is 1140. The molecule has 1 aliphatic rings. The van der Waals surface area contributed by atoms with Crippen LogP contribution in [0.25, 0.3) is 5.70 Å². The van der Waals surface area contributed by atoms with Crippen LogP contribution in [-0.2, 0) is 6.42 Å². The topological polar surface area (TPSA) is 70.9 Å². The second-order valence-electron chi connectivity index (χ2n) is 7.21. The summed E-state index contributed by atoms with van der Waals surface area (Å²) in [5.74, 6) is -2.57. The molecule has 3 aromatic rings. The zero-order chi connectivity index (χ0) is 22.1. The maximum Gasteiger partial charge on any atom is 0.226 e. The van der Waals surface area contributed by atoms with Gasteiger partial charge >= 0.3 is 0 Å². The highest BCUT2D eigenvalue weighted by Gasteiger charge is 2.29. The van der Waals surface area contributed by atoms with Gasteiger partial charge in [-0.05, 0) is 25.5 Å². The molecule has 162 valence electrons. The second-order valence-corrected chi connectivity index (χ2v) is 7.21. The molecule has 0 saturated heterocycles. The highest BCUT2D eigenvalue weighted by atomic mass is 19.2. The summed E-state index contributed by atoms with van der Waals surface area (Å²) in [7, 11) is 1.73. The predicted octanol–water partition coefficient (Wildman–Crippen LogP) is 4.11. The summed E-state index contributed by atoms with van der Waals surface area (Å²) in [4.78, 5) is 14.7. The minimum Gasteiger partial charge on any atom is -0.373 e. The number of hydrogen-bond donors (Lipinski definition) is 2. The van der Waals surface area contributed by atoms with Crippen molar-refractivity contribution < 1.29 is 13.2 Å². The number of nitrogens with zero attached hydrogens (tertiary/aromatic N) is 5. The van der Waals surface area contributed by atoms with Crippen molar-refractivity contribution in [2.75, 3.05) is 35.7 Å². The monoisotopic (exact) mass is 429 g/mol. The van der Waals surface area contributed by atoms with E-state index in [1.165, 1.54) is 11.0 Å². The average molecular weight is 429 g/mol. The molecule has 0 amide bonds. The molecule has 7 nitrogen and oxygen atoms in total. The van der Waals surface area contributed by atoms with E-state index in [1.807, 2.05) is 17.7 Å². The lowest BCUT2D eigenvalue weighted by atomic mass is 10.2. The van der Waals surface area contributed by atoms with E-state index >= 15 is 0 Å². The highest BCUT2D eigenvalue weighted by molar-refractivity contribution is 5.73. The van der Waals surface area contributed by atoms with E-state index in [1.54, 1.807) is 13.4 Å². The third-order valence-corrected chi connectivity index (χ3v) is 5.14. The molecule has 0 bridgehead atoms. The second kappa shape index (κ2) is 8.29. The Labute approximate surface area is 177 Å². The Morgan fingerprint density at radius 1 is 1.19 bits per heavy atom. The molecule has 0 radical (unpaired) electrons. The van der Waals surface area contributed by atoms with Crippen molar-refractivity contribution in [3.63, 3.8) is 0 Å². The number of rotatable bonds is 7. The number of nitrogens with one attached hydrogen (secondary N) is 2. The highest BCUT2D eigenvalue weighted by Crippen LogP contribution is 2.38. The Balaban J connectivity index is 1.56. The first-order valence-corrected chi connectivity index (χ1v) is 9.81. The molecule has 10 heteroatoms. The van der Waals surface area contributed by atoms with E-state index in [0.29, 0.717) is 43.5 Å². The summed E-state index contributed by atoms with van der Waals surface area (Å²) in [6.45, 7) is 6.84. The van der Waals surface area contributed by atoms with Gasteiger partial charge in [0.1, 0.15) is 11.6 Å². The summed E-state index contributed by atoms with van der Waals surface area (Å²) in [6, 6.07) is 2.13. The van der Waals surface area contributed by atoms with Gasteiger partial charge in [-0.3, -0.25) is 0 Å². The first-order valence-electron chi connectivity index (χ1n) is 9.81. The van der Waals surface area contributed by atoms with Crippen molar-refractivity contribution in [1.29, 1.82) is 0 Å². The lowest BCUT2D eigenvalue weighted by Gasteiger charge is -2.20. The largest absolute Gasteiger partial charge is 0.373 e. The lowest BCUT2D eigenvalue weighted by molar-refractivity contribution is 0.447. The Kier molecular flexibility index (Phi) is 5.53. The standard InChI is InChI=1S/C21H22F3N7/c1-12-10-30(11-27-12)13(2)6-8-26-21-28-19(25-3)14-7-9-31(20(14)29-21)16-5-4-15(22)17(23)18(16)24/h4-5,10-11H,2,6-9H2,1,3H3,(H2,25,26,28,29). The van der Waals surface area contributed by atoms with Crippen LogP contribution in [0.1, 0.15) is 17.7 Å². The maximum atomic E-state index is 14.4. The Morgan fingerprint density at radius 2 is 2.00 bits per heavy atom. The Hall–Kier alpha value is -3.56. The summed E-state index contributed by atoms with van der Waals surface area (Å²) in [5.41, 5.74) is 2.48. The van der Waals surface area contributed by atoms with Crippen LogP contribution < -0.4 is 15.5 Å². The van der Waals surface area contributed by atoms with Gasteiger partial charge in [0.25, 0.3) is 0 Å². The fourth-order valence-electron chi connectivity index (χ4n) is 3.54.